The second kappa shape index (κ2) is 14.1. The van der Waals surface area contributed by atoms with Crippen molar-refractivity contribution in [2.75, 3.05) is 34.4 Å². The average molecular weight is 540 g/mol. The van der Waals surface area contributed by atoms with Crippen molar-refractivity contribution in [1.29, 1.82) is 0 Å². The SMILES string of the molecule is CCOc1ccc(C(C)NC(=NC)NCc2ccc(CN(C)C)cc2)cc1OCC.I. The normalized spacial score (nSPS) is 12.2. The van der Waals surface area contributed by atoms with Crippen LogP contribution in [0.2, 0.25) is 0 Å². The molecule has 7 heteroatoms. The van der Waals surface area contributed by atoms with Crippen LogP contribution in [0.3, 0.4) is 0 Å². The molecule has 1 atom stereocenters. The number of hydrogen-bond acceptors (Lipinski definition) is 4. The van der Waals surface area contributed by atoms with Crippen molar-refractivity contribution in [3.63, 3.8) is 0 Å². The summed E-state index contributed by atoms with van der Waals surface area (Å²) in [5.41, 5.74) is 3.63. The summed E-state index contributed by atoms with van der Waals surface area (Å²) in [6, 6.07) is 14.8. The predicted octanol–water partition coefficient (Wildman–Crippen LogP) is 4.59. The summed E-state index contributed by atoms with van der Waals surface area (Å²) in [4.78, 5) is 6.53. The highest BCUT2D eigenvalue weighted by molar-refractivity contribution is 14.0. The number of hydrogen-bond donors (Lipinski definition) is 2. The quantitative estimate of drug-likeness (QED) is 0.262. The van der Waals surface area contributed by atoms with E-state index in [1.54, 1.807) is 7.05 Å². The van der Waals surface area contributed by atoms with E-state index in [4.69, 9.17) is 9.47 Å². The third-order valence-electron chi connectivity index (χ3n) is 4.63. The van der Waals surface area contributed by atoms with E-state index in [0.29, 0.717) is 19.8 Å². The van der Waals surface area contributed by atoms with Crippen LogP contribution in [0.15, 0.2) is 47.5 Å². The van der Waals surface area contributed by atoms with E-state index >= 15 is 0 Å². The van der Waals surface area contributed by atoms with Gasteiger partial charge in [-0.25, -0.2) is 0 Å². The number of benzene rings is 2. The Morgan fingerprint density at radius 2 is 1.58 bits per heavy atom. The van der Waals surface area contributed by atoms with Gasteiger partial charge in [-0.2, -0.15) is 0 Å². The molecular formula is C24H37IN4O2. The highest BCUT2D eigenvalue weighted by atomic mass is 127. The minimum Gasteiger partial charge on any atom is -0.490 e. The summed E-state index contributed by atoms with van der Waals surface area (Å²) < 4.78 is 11.4. The van der Waals surface area contributed by atoms with Gasteiger partial charge in [-0.1, -0.05) is 30.3 Å². The monoisotopic (exact) mass is 540 g/mol. The van der Waals surface area contributed by atoms with Crippen LogP contribution in [-0.4, -0.2) is 45.2 Å². The topological polar surface area (TPSA) is 58.1 Å². The van der Waals surface area contributed by atoms with Crippen LogP contribution in [-0.2, 0) is 13.1 Å². The van der Waals surface area contributed by atoms with Crippen LogP contribution in [0.5, 0.6) is 11.5 Å². The van der Waals surface area contributed by atoms with E-state index < -0.39 is 0 Å². The number of rotatable bonds is 10. The lowest BCUT2D eigenvalue weighted by Crippen LogP contribution is -2.38. The molecule has 0 bridgehead atoms. The third-order valence-corrected chi connectivity index (χ3v) is 4.63. The molecule has 2 N–H and O–H groups in total. The maximum atomic E-state index is 5.75. The van der Waals surface area contributed by atoms with Crippen LogP contribution in [0.25, 0.3) is 0 Å². The summed E-state index contributed by atoms with van der Waals surface area (Å²) in [6.07, 6.45) is 0. The van der Waals surface area contributed by atoms with Gasteiger partial charge in [0.15, 0.2) is 17.5 Å². The van der Waals surface area contributed by atoms with Crippen LogP contribution < -0.4 is 20.1 Å². The van der Waals surface area contributed by atoms with E-state index in [-0.39, 0.29) is 30.0 Å². The Labute approximate surface area is 204 Å². The fourth-order valence-corrected chi connectivity index (χ4v) is 3.13. The van der Waals surface area contributed by atoms with E-state index in [1.165, 1.54) is 11.1 Å². The van der Waals surface area contributed by atoms with Crippen molar-refractivity contribution in [3.05, 3.63) is 59.2 Å². The second-order valence-corrected chi connectivity index (χ2v) is 7.42. The minimum absolute atomic E-state index is 0. The Bertz CT molecular complexity index is 810. The number of nitrogens with one attached hydrogen (secondary N) is 2. The molecule has 172 valence electrons. The predicted molar refractivity (Wildman–Crippen MR) is 140 cm³/mol. The molecule has 2 aromatic carbocycles. The van der Waals surface area contributed by atoms with Crippen molar-refractivity contribution in [2.45, 2.75) is 39.9 Å². The first-order chi connectivity index (χ1) is 14.5. The lowest BCUT2D eigenvalue weighted by molar-refractivity contribution is 0.287. The Balaban J connectivity index is 0.00000480. The Hall–Kier alpha value is -2.00. The lowest BCUT2D eigenvalue weighted by Gasteiger charge is -2.20. The number of nitrogens with zero attached hydrogens (tertiary/aromatic N) is 2. The maximum absolute atomic E-state index is 5.75. The molecule has 0 saturated carbocycles. The number of halogens is 1. The summed E-state index contributed by atoms with van der Waals surface area (Å²) in [5, 5.41) is 6.84. The molecule has 1 unspecified atom stereocenters. The zero-order chi connectivity index (χ0) is 21.9. The molecule has 6 nitrogen and oxygen atoms in total. The van der Waals surface area contributed by atoms with Crippen molar-refractivity contribution in [2.24, 2.45) is 4.99 Å². The Kier molecular flexibility index (Phi) is 12.3. The van der Waals surface area contributed by atoms with Gasteiger partial charge in [0.05, 0.1) is 19.3 Å². The van der Waals surface area contributed by atoms with Gasteiger partial charge in [-0.3, -0.25) is 4.99 Å². The van der Waals surface area contributed by atoms with Crippen LogP contribution in [0, 0.1) is 0 Å². The largest absolute Gasteiger partial charge is 0.490 e. The van der Waals surface area contributed by atoms with Crippen LogP contribution in [0.1, 0.15) is 43.5 Å². The minimum atomic E-state index is 0. The molecule has 0 fully saturated rings. The lowest BCUT2D eigenvalue weighted by atomic mass is 10.1. The van der Waals surface area contributed by atoms with Crippen molar-refractivity contribution in [1.82, 2.24) is 15.5 Å². The molecule has 0 amide bonds. The molecule has 0 radical (unpaired) electrons. The van der Waals surface area contributed by atoms with Gasteiger partial charge in [0.1, 0.15) is 0 Å². The van der Waals surface area contributed by atoms with Gasteiger partial charge < -0.3 is 25.0 Å². The molecular weight excluding hydrogens is 503 g/mol. The summed E-state index contributed by atoms with van der Waals surface area (Å²) >= 11 is 0. The molecule has 0 spiro atoms. The van der Waals surface area contributed by atoms with Crippen LogP contribution in [0.4, 0.5) is 0 Å². The van der Waals surface area contributed by atoms with Gasteiger partial charge in [0, 0.05) is 20.1 Å². The fraction of sp³-hybridized carbons (Fsp3) is 0.458. The molecule has 31 heavy (non-hydrogen) atoms. The molecule has 0 aliphatic rings. The van der Waals surface area contributed by atoms with E-state index in [2.05, 4.69) is 71.9 Å². The van der Waals surface area contributed by atoms with Crippen molar-refractivity contribution >= 4 is 29.9 Å². The summed E-state index contributed by atoms with van der Waals surface area (Å²) in [6.45, 7) is 8.92. The third kappa shape index (κ3) is 8.95. The molecule has 0 aromatic heterocycles. The van der Waals surface area contributed by atoms with Crippen molar-refractivity contribution in [3.8, 4) is 11.5 Å². The molecule has 0 aliphatic carbocycles. The Morgan fingerprint density at radius 3 is 2.16 bits per heavy atom. The van der Waals surface area contributed by atoms with Gasteiger partial charge in [-0.05, 0) is 63.7 Å². The standard InChI is InChI=1S/C24H36N4O2.HI/c1-7-29-22-14-13-21(15-23(22)30-8-2)18(3)27-24(25-4)26-16-19-9-11-20(12-10-19)17-28(5)6;/h9-15,18H,7-8,16-17H2,1-6H3,(H2,25,26,27);1H. The summed E-state index contributed by atoms with van der Waals surface area (Å²) in [7, 11) is 5.94. The van der Waals surface area contributed by atoms with E-state index in [1.807, 2.05) is 26.0 Å². The van der Waals surface area contributed by atoms with Gasteiger partial charge in [0.2, 0.25) is 0 Å². The highest BCUT2D eigenvalue weighted by Crippen LogP contribution is 2.30. The maximum Gasteiger partial charge on any atom is 0.191 e. The number of aliphatic imine (C=N–C) groups is 1. The molecule has 0 saturated heterocycles. The highest BCUT2D eigenvalue weighted by Gasteiger charge is 2.12. The van der Waals surface area contributed by atoms with Gasteiger partial charge in [-0.15, -0.1) is 24.0 Å². The first kappa shape index (κ1) is 27.0. The zero-order valence-electron chi connectivity index (χ0n) is 19.6. The molecule has 0 heterocycles. The number of guanidine groups is 1. The smallest absolute Gasteiger partial charge is 0.191 e. The van der Waals surface area contributed by atoms with Gasteiger partial charge >= 0.3 is 0 Å². The Morgan fingerprint density at radius 1 is 0.968 bits per heavy atom. The molecule has 2 rings (SSSR count). The average Bonchev–Trinajstić information content (AvgIpc) is 2.73. The summed E-state index contributed by atoms with van der Waals surface area (Å²) in [5.74, 6) is 2.30. The van der Waals surface area contributed by atoms with E-state index in [0.717, 1.165) is 29.6 Å². The van der Waals surface area contributed by atoms with Crippen LogP contribution >= 0.6 is 24.0 Å². The first-order valence-electron chi connectivity index (χ1n) is 10.6. The van der Waals surface area contributed by atoms with Gasteiger partial charge in [0.25, 0.3) is 0 Å². The zero-order valence-corrected chi connectivity index (χ0v) is 21.9. The molecule has 0 aliphatic heterocycles. The molecule has 2 aromatic rings. The number of ether oxygens (including phenoxy) is 2. The fourth-order valence-electron chi connectivity index (χ4n) is 3.13. The van der Waals surface area contributed by atoms with Crippen molar-refractivity contribution < 1.29 is 9.47 Å². The second-order valence-electron chi connectivity index (χ2n) is 7.42. The van der Waals surface area contributed by atoms with E-state index in [9.17, 15) is 0 Å². The first-order valence-corrected chi connectivity index (χ1v) is 10.6.